The van der Waals surface area contributed by atoms with Crippen LogP contribution < -0.4 is 10.3 Å². The number of esters is 1. The van der Waals surface area contributed by atoms with Crippen LogP contribution in [0.5, 0.6) is 5.75 Å². The van der Waals surface area contributed by atoms with Crippen molar-refractivity contribution in [2.75, 3.05) is 13.7 Å². The highest BCUT2D eigenvalue weighted by molar-refractivity contribution is 6.32. The van der Waals surface area contributed by atoms with Crippen molar-refractivity contribution in [1.82, 2.24) is 9.97 Å². The van der Waals surface area contributed by atoms with Gasteiger partial charge in [0.05, 0.1) is 24.8 Å². The van der Waals surface area contributed by atoms with Crippen molar-refractivity contribution in [3.05, 3.63) is 63.2 Å². The molecule has 148 valence electrons. The zero-order valence-corrected chi connectivity index (χ0v) is 16.3. The van der Waals surface area contributed by atoms with Crippen LogP contribution in [0.2, 0.25) is 5.02 Å². The Morgan fingerprint density at radius 3 is 2.69 bits per heavy atom. The summed E-state index contributed by atoms with van der Waals surface area (Å²) in [7, 11) is 1.34. The number of benzene rings is 2. The smallest absolute Gasteiger partial charge is 0.344 e. The van der Waals surface area contributed by atoms with Gasteiger partial charge in [-0.1, -0.05) is 23.7 Å². The number of aromatic amines is 2. The number of rotatable bonds is 4. The fraction of sp³-hybridized carbons (Fsp3) is 0.143. The minimum absolute atomic E-state index is 0.00936. The van der Waals surface area contributed by atoms with Crippen LogP contribution in [-0.4, -0.2) is 29.7 Å². The molecule has 0 atom stereocenters. The van der Waals surface area contributed by atoms with Crippen LogP contribution in [0, 0.1) is 5.82 Å². The summed E-state index contributed by atoms with van der Waals surface area (Å²) in [6.45, 7) is 1.69. The van der Waals surface area contributed by atoms with Crippen molar-refractivity contribution in [3.63, 3.8) is 0 Å². The minimum Gasteiger partial charge on any atom is -0.494 e. The largest absolute Gasteiger partial charge is 0.494 e. The second kappa shape index (κ2) is 7.25. The monoisotopic (exact) mass is 414 g/mol. The van der Waals surface area contributed by atoms with Crippen molar-refractivity contribution < 1.29 is 18.7 Å². The summed E-state index contributed by atoms with van der Waals surface area (Å²) in [5, 5.41) is 1.12. The van der Waals surface area contributed by atoms with Crippen molar-refractivity contribution in [2.24, 2.45) is 0 Å². The van der Waals surface area contributed by atoms with E-state index in [4.69, 9.17) is 21.1 Å². The van der Waals surface area contributed by atoms with Crippen LogP contribution in [0.4, 0.5) is 4.39 Å². The van der Waals surface area contributed by atoms with Gasteiger partial charge >= 0.3 is 5.97 Å². The molecule has 2 N–H and O–H groups in total. The van der Waals surface area contributed by atoms with Gasteiger partial charge in [0.1, 0.15) is 5.56 Å². The number of pyridine rings is 1. The van der Waals surface area contributed by atoms with E-state index in [0.29, 0.717) is 27.0 Å². The molecular formula is C21H16ClFN2O4. The van der Waals surface area contributed by atoms with Gasteiger partial charge in [-0.3, -0.25) is 4.79 Å². The second-order valence-electron chi connectivity index (χ2n) is 6.31. The van der Waals surface area contributed by atoms with Gasteiger partial charge in [0, 0.05) is 27.1 Å². The van der Waals surface area contributed by atoms with E-state index in [9.17, 15) is 9.59 Å². The molecule has 29 heavy (non-hydrogen) atoms. The fourth-order valence-corrected chi connectivity index (χ4v) is 3.60. The Morgan fingerprint density at radius 2 is 1.97 bits per heavy atom. The van der Waals surface area contributed by atoms with Crippen LogP contribution in [-0.2, 0) is 4.74 Å². The highest BCUT2D eigenvalue weighted by Gasteiger charge is 2.26. The predicted molar refractivity (Wildman–Crippen MR) is 109 cm³/mol. The Labute approximate surface area is 169 Å². The summed E-state index contributed by atoms with van der Waals surface area (Å²) < 4.78 is 25.3. The first-order chi connectivity index (χ1) is 14.0. The topological polar surface area (TPSA) is 84.2 Å². The lowest BCUT2D eigenvalue weighted by Crippen LogP contribution is -2.21. The molecule has 0 bridgehead atoms. The first-order valence-corrected chi connectivity index (χ1v) is 9.21. The van der Waals surface area contributed by atoms with E-state index < -0.39 is 17.3 Å². The SMILES string of the molecule is CCOC(=O)c1c(-c2cccc(OC)c2F)c2[nH]c3ccc(Cl)cc3c2[nH]c1=O. The molecule has 0 amide bonds. The number of hydrogen-bond acceptors (Lipinski definition) is 4. The number of H-pyrrole nitrogens is 2. The molecule has 0 spiro atoms. The zero-order chi connectivity index (χ0) is 20.7. The fourth-order valence-electron chi connectivity index (χ4n) is 3.42. The second-order valence-corrected chi connectivity index (χ2v) is 6.75. The molecule has 6 nitrogen and oxygen atoms in total. The molecule has 2 heterocycles. The Balaban J connectivity index is 2.19. The first-order valence-electron chi connectivity index (χ1n) is 8.83. The molecule has 2 aromatic carbocycles. The maximum absolute atomic E-state index is 15.1. The van der Waals surface area contributed by atoms with E-state index >= 15 is 4.39 Å². The van der Waals surface area contributed by atoms with Gasteiger partial charge in [-0.15, -0.1) is 0 Å². The highest BCUT2D eigenvalue weighted by atomic mass is 35.5. The molecule has 8 heteroatoms. The van der Waals surface area contributed by atoms with Crippen molar-refractivity contribution in [2.45, 2.75) is 6.92 Å². The summed E-state index contributed by atoms with van der Waals surface area (Å²) >= 11 is 6.10. The molecule has 2 aromatic heterocycles. The molecule has 0 fully saturated rings. The van der Waals surface area contributed by atoms with Gasteiger partial charge in [0.2, 0.25) is 0 Å². The number of ether oxygens (including phenoxy) is 2. The molecule has 0 aliphatic heterocycles. The van der Waals surface area contributed by atoms with E-state index in [-0.39, 0.29) is 29.0 Å². The van der Waals surface area contributed by atoms with Gasteiger partial charge in [-0.25, -0.2) is 9.18 Å². The lowest BCUT2D eigenvalue weighted by atomic mass is 9.98. The van der Waals surface area contributed by atoms with E-state index in [0.717, 1.165) is 0 Å². The first kappa shape index (κ1) is 19.0. The number of fused-ring (bicyclic) bond motifs is 3. The number of carbonyl (C=O) groups is 1. The summed E-state index contributed by atoms with van der Waals surface area (Å²) in [4.78, 5) is 31.4. The highest BCUT2D eigenvalue weighted by Crippen LogP contribution is 2.37. The van der Waals surface area contributed by atoms with Crippen LogP contribution in [0.1, 0.15) is 17.3 Å². The maximum atomic E-state index is 15.1. The van der Waals surface area contributed by atoms with Crippen molar-refractivity contribution >= 4 is 39.5 Å². The Bertz CT molecular complexity index is 1330. The third-order valence-electron chi connectivity index (χ3n) is 4.66. The van der Waals surface area contributed by atoms with E-state index in [1.807, 2.05) is 0 Å². The molecule has 0 saturated carbocycles. The van der Waals surface area contributed by atoms with Gasteiger partial charge < -0.3 is 19.4 Å². The lowest BCUT2D eigenvalue weighted by Gasteiger charge is -2.12. The van der Waals surface area contributed by atoms with E-state index in [1.165, 1.54) is 19.2 Å². The third kappa shape index (κ3) is 3.03. The Kier molecular flexibility index (Phi) is 4.76. The van der Waals surface area contributed by atoms with Crippen LogP contribution >= 0.6 is 11.6 Å². The molecule has 0 aliphatic rings. The molecule has 0 unspecified atom stereocenters. The molecule has 4 rings (SSSR count). The van der Waals surface area contributed by atoms with Crippen LogP contribution in [0.25, 0.3) is 33.1 Å². The van der Waals surface area contributed by atoms with Crippen molar-refractivity contribution in [1.29, 1.82) is 0 Å². The van der Waals surface area contributed by atoms with Gasteiger partial charge in [-0.2, -0.15) is 0 Å². The van der Waals surface area contributed by atoms with Crippen LogP contribution in [0.3, 0.4) is 0 Å². The molecule has 0 aliphatic carbocycles. The van der Waals surface area contributed by atoms with Gasteiger partial charge in [-0.05, 0) is 31.2 Å². The number of carbonyl (C=O) groups excluding carboxylic acids is 1. The standard InChI is InChI=1S/C21H16ClFN2O4/c1-3-29-21(27)16-15(11-5-4-6-14(28-2)17(11)23)19-18(25-20(16)26)12-9-10(22)7-8-13(12)24-19/h4-9,24H,3H2,1-2H3,(H,25,26). The Morgan fingerprint density at radius 1 is 1.17 bits per heavy atom. The average molecular weight is 415 g/mol. The minimum atomic E-state index is -0.843. The quantitative estimate of drug-likeness (QED) is 0.476. The maximum Gasteiger partial charge on any atom is 0.344 e. The summed E-state index contributed by atoms with van der Waals surface area (Å²) in [5.41, 5.74) is 0.644. The van der Waals surface area contributed by atoms with Gasteiger partial charge in [0.15, 0.2) is 11.6 Å². The summed E-state index contributed by atoms with van der Waals surface area (Å²) in [6.07, 6.45) is 0. The van der Waals surface area contributed by atoms with Gasteiger partial charge in [0.25, 0.3) is 5.56 Å². The molecule has 4 aromatic rings. The Hall–Kier alpha value is -3.32. The number of aromatic nitrogens is 2. The number of nitrogens with one attached hydrogen (secondary N) is 2. The zero-order valence-electron chi connectivity index (χ0n) is 15.6. The number of halogens is 2. The normalized spacial score (nSPS) is 11.2. The van der Waals surface area contributed by atoms with Crippen LogP contribution in [0.15, 0.2) is 41.2 Å². The van der Waals surface area contributed by atoms with E-state index in [2.05, 4.69) is 9.97 Å². The number of hydrogen-bond donors (Lipinski definition) is 2. The predicted octanol–water partition coefficient (Wildman–Crippen LogP) is 4.65. The molecular weight excluding hydrogens is 399 g/mol. The van der Waals surface area contributed by atoms with Crippen molar-refractivity contribution in [3.8, 4) is 16.9 Å². The summed E-state index contributed by atoms with van der Waals surface area (Å²) in [5.74, 6) is -1.54. The molecule has 0 saturated heterocycles. The average Bonchev–Trinajstić information content (AvgIpc) is 3.05. The molecule has 0 radical (unpaired) electrons. The summed E-state index contributed by atoms with van der Waals surface area (Å²) in [6, 6.07) is 9.63. The lowest BCUT2D eigenvalue weighted by molar-refractivity contribution is 0.0525. The third-order valence-corrected chi connectivity index (χ3v) is 4.89. The number of methoxy groups -OCH3 is 1. The van der Waals surface area contributed by atoms with E-state index in [1.54, 1.807) is 31.2 Å².